The highest BCUT2D eigenvalue weighted by atomic mass is 16.5. The molecule has 0 saturated heterocycles. The molecule has 0 aliphatic carbocycles. The molecule has 0 aromatic carbocycles. The van der Waals surface area contributed by atoms with Crippen molar-refractivity contribution in [3.63, 3.8) is 0 Å². The summed E-state index contributed by atoms with van der Waals surface area (Å²) in [6.07, 6.45) is 4.36. The van der Waals surface area contributed by atoms with Crippen LogP contribution in [-0.4, -0.2) is 70.0 Å². The first-order valence-electron chi connectivity index (χ1n) is 8.41. The number of pyridine rings is 1. The highest BCUT2D eigenvalue weighted by molar-refractivity contribution is 5.81. The van der Waals surface area contributed by atoms with E-state index in [-0.39, 0.29) is 0 Å². The lowest BCUT2D eigenvalue weighted by Gasteiger charge is -2.21. The molecule has 27 heavy (non-hydrogen) atoms. The van der Waals surface area contributed by atoms with Gasteiger partial charge in [-0.05, 0) is 24.6 Å². The SMILES string of the molecule is COc1ncc(C)cc1-c1cnn2ccc(N(C)CCN(C)C(=O)O)nc12. The molecule has 1 N–H and O–H groups in total. The van der Waals surface area contributed by atoms with Crippen molar-refractivity contribution in [3.05, 3.63) is 36.3 Å². The molecule has 3 aromatic heterocycles. The largest absolute Gasteiger partial charge is 0.481 e. The van der Waals surface area contributed by atoms with E-state index in [1.807, 2.05) is 37.2 Å². The van der Waals surface area contributed by atoms with E-state index in [1.54, 1.807) is 31.1 Å². The molecule has 3 heterocycles. The molecule has 9 nitrogen and oxygen atoms in total. The molecule has 142 valence electrons. The monoisotopic (exact) mass is 370 g/mol. The van der Waals surface area contributed by atoms with Gasteiger partial charge in [0.05, 0.1) is 18.9 Å². The Morgan fingerprint density at radius 2 is 2.04 bits per heavy atom. The second kappa shape index (κ2) is 7.48. The third-order valence-corrected chi connectivity index (χ3v) is 4.31. The number of methoxy groups -OCH3 is 1. The van der Waals surface area contributed by atoms with Gasteiger partial charge in [-0.1, -0.05) is 0 Å². The van der Waals surface area contributed by atoms with Crippen LogP contribution in [0.5, 0.6) is 5.88 Å². The molecule has 3 aromatic rings. The fourth-order valence-electron chi connectivity index (χ4n) is 2.68. The van der Waals surface area contributed by atoms with Crippen LogP contribution in [0.4, 0.5) is 10.6 Å². The van der Waals surface area contributed by atoms with E-state index < -0.39 is 6.09 Å². The van der Waals surface area contributed by atoms with Crippen LogP contribution in [0.15, 0.2) is 30.7 Å². The summed E-state index contributed by atoms with van der Waals surface area (Å²) in [4.78, 5) is 23.1. The van der Waals surface area contributed by atoms with Gasteiger partial charge in [0.25, 0.3) is 0 Å². The van der Waals surface area contributed by atoms with Crippen LogP contribution in [0, 0.1) is 6.92 Å². The average molecular weight is 370 g/mol. The van der Waals surface area contributed by atoms with E-state index in [0.29, 0.717) is 24.6 Å². The normalized spacial score (nSPS) is 10.8. The van der Waals surface area contributed by atoms with Crippen LogP contribution in [0.1, 0.15) is 5.56 Å². The van der Waals surface area contributed by atoms with Crippen molar-refractivity contribution in [3.8, 4) is 17.0 Å². The third kappa shape index (κ3) is 3.76. The van der Waals surface area contributed by atoms with Crippen LogP contribution >= 0.6 is 0 Å². The number of amides is 1. The second-order valence-corrected chi connectivity index (χ2v) is 6.31. The molecule has 0 aliphatic rings. The number of anilines is 1. The number of hydrogen-bond donors (Lipinski definition) is 1. The number of carboxylic acid groups (broad SMARTS) is 1. The Kier molecular flexibility index (Phi) is 5.11. The Bertz CT molecular complexity index is 971. The van der Waals surface area contributed by atoms with Crippen molar-refractivity contribution in [1.29, 1.82) is 0 Å². The van der Waals surface area contributed by atoms with Gasteiger partial charge in [0.15, 0.2) is 5.65 Å². The van der Waals surface area contributed by atoms with E-state index in [1.165, 1.54) is 4.90 Å². The molecule has 0 bridgehead atoms. The molecule has 1 amide bonds. The standard InChI is InChI=1S/C18H22N6O3/c1-12-9-13(17(27-4)19-10-12)14-11-20-24-6-5-15(21-16(14)24)22(2)7-8-23(3)18(25)26/h5-6,9-11H,7-8H2,1-4H3,(H,25,26). The van der Waals surface area contributed by atoms with Gasteiger partial charge in [-0.2, -0.15) is 5.10 Å². The minimum absolute atomic E-state index is 0.375. The average Bonchev–Trinajstić information content (AvgIpc) is 3.08. The number of carbonyl (C=O) groups is 1. The van der Waals surface area contributed by atoms with Crippen molar-refractivity contribution in [2.45, 2.75) is 6.92 Å². The zero-order chi connectivity index (χ0) is 19.6. The topological polar surface area (TPSA) is 96.1 Å². The van der Waals surface area contributed by atoms with Crippen LogP contribution < -0.4 is 9.64 Å². The highest BCUT2D eigenvalue weighted by Gasteiger charge is 2.16. The molecule has 9 heteroatoms. The van der Waals surface area contributed by atoms with Gasteiger partial charge in [-0.25, -0.2) is 19.3 Å². The van der Waals surface area contributed by atoms with Crippen LogP contribution in [-0.2, 0) is 0 Å². The van der Waals surface area contributed by atoms with Crippen molar-refractivity contribution in [2.24, 2.45) is 0 Å². The summed E-state index contributed by atoms with van der Waals surface area (Å²) in [5, 5.41) is 13.3. The molecule has 0 fully saturated rings. The maximum absolute atomic E-state index is 10.9. The quantitative estimate of drug-likeness (QED) is 0.710. The first-order chi connectivity index (χ1) is 12.9. The summed E-state index contributed by atoms with van der Waals surface area (Å²) in [5.74, 6) is 1.24. The first kappa shape index (κ1) is 18.4. The summed E-state index contributed by atoms with van der Waals surface area (Å²) in [5.41, 5.74) is 3.33. The summed E-state index contributed by atoms with van der Waals surface area (Å²) in [6.45, 7) is 2.86. The van der Waals surface area contributed by atoms with Crippen molar-refractivity contribution in [2.75, 3.05) is 39.2 Å². The summed E-state index contributed by atoms with van der Waals surface area (Å²) < 4.78 is 7.08. The number of rotatable bonds is 6. The molecule has 0 unspecified atom stereocenters. The smallest absolute Gasteiger partial charge is 0.407 e. The van der Waals surface area contributed by atoms with E-state index >= 15 is 0 Å². The lowest BCUT2D eigenvalue weighted by Crippen LogP contribution is -2.34. The lowest BCUT2D eigenvalue weighted by atomic mass is 10.1. The second-order valence-electron chi connectivity index (χ2n) is 6.31. The predicted octanol–water partition coefficient (Wildman–Crippen LogP) is 2.15. The fourth-order valence-corrected chi connectivity index (χ4v) is 2.68. The van der Waals surface area contributed by atoms with Gasteiger partial charge < -0.3 is 19.6 Å². The Morgan fingerprint density at radius 1 is 1.26 bits per heavy atom. The summed E-state index contributed by atoms with van der Waals surface area (Å²) in [7, 11) is 5.00. The van der Waals surface area contributed by atoms with Crippen LogP contribution in [0.2, 0.25) is 0 Å². The van der Waals surface area contributed by atoms with Crippen molar-refractivity contribution in [1.82, 2.24) is 24.5 Å². The Labute approximate surface area is 156 Å². The van der Waals surface area contributed by atoms with Gasteiger partial charge in [0.2, 0.25) is 5.88 Å². The predicted molar refractivity (Wildman–Crippen MR) is 101 cm³/mol. The Balaban J connectivity index is 1.95. The van der Waals surface area contributed by atoms with Gasteiger partial charge in [-0.3, -0.25) is 0 Å². The number of likely N-dealkylation sites (N-methyl/N-ethyl adjacent to an activating group) is 2. The number of ether oxygens (including phenoxy) is 1. The molecule has 3 rings (SSSR count). The van der Waals surface area contributed by atoms with Crippen LogP contribution in [0.25, 0.3) is 16.8 Å². The molecule has 0 aliphatic heterocycles. The first-order valence-corrected chi connectivity index (χ1v) is 8.41. The minimum Gasteiger partial charge on any atom is -0.481 e. The number of nitrogens with zero attached hydrogens (tertiary/aromatic N) is 6. The number of aromatic nitrogens is 4. The summed E-state index contributed by atoms with van der Waals surface area (Å²) in [6, 6.07) is 3.83. The maximum atomic E-state index is 10.9. The van der Waals surface area contributed by atoms with Gasteiger partial charge >= 0.3 is 6.09 Å². The molecular weight excluding hydrogens is 348 g/mol. The van der Waals surface area contributed by atoms with Crippen molar-refractivity contribution >= 4 is 17.6 Å². The Hall–Kier alpha value is -3.36. The number of fused-ring (bicyclic) bond motifs is 1. The van der Waals surface area contributed by atoms with E-state index in [4.69, 9.17) is 14.8 Å². The zero-order valence-corrected chi connectivity index (χ0v) is 15.7. The lowest BCUT2D eigenvalue weighted by molar-refractivity contribution is 0.157. The van der Waals surface area contributed by atoms with Crippen molar-refractivity contribution < 1.29 is 14.6 Å². The van der Waals surface area contributed by atoms with Crippen LogP contribution in [0.3, 0.4) is 0 Å². The molecule has 0 radical (unpaired) electrons. The maximum Gasteiger partial charge on any atom is 0.407 e. The fraction of sp³-hybridized carbons (Fsp3) is 0.333. The molecule has 0 spiro atoms. The number of hydrogen-bond acceptors (Lipinski definition) is 6. The zero-order valence-electron chi connectivity index (χ0n) is 15.7. The number of aryl methyl sites for hydroxylation is 1. The highest BCUT2D eigenvalue weighted by Crippen LogP contribution is 2.31. The minimum atomic E-state index is -0.955. The Morgan fingerprint density at radius 3 is 2.74 bits per heavy atom. The van der Waals surface area contributed by atoms with E-state index in [2.05, 4.69) is 10.1 Å². The van der Waals surface area contributed by atoms with Gasteiger partial charge in [0.1, 0.15) is 5.82 Å². The molecule has 0 saturated carbocycles. The van der Waals surface area contributed by atoms with E-state index in [0.717, 1.165) is 22.5 Å². The van der Waals surface area contributed by atoms with Gasteiger partial charge in [-0.15, -0.1) is 0 Å². The molecular formula is C18H22N6O3. The summed E-state index contributed by atoms with van der Waals surface area (Å²) >= 11 is 0. The van der Waals surface area contributed by atoms with Gasteiger partial charge in [0, 0.05) is 45.1 Å². The molecule has 0 atom stereocenters. The third-order valence-electron chi connectivity index (χ3n) is 4.31. The van der Waals surface area contributed by atoms with E-state index in [9.17, 15) is 4.79 Å².